The molecule has 15 nitrogen and oxygen atoms in total. The van der Waals surface area contributed by atoms with Crippen LogP contribution >= 0.6 is 0 Å². The zero-order valence-corrected chi connectivity index (χ0v) is 58.2. The lowest BCUT2D eigenvalue weighted by molar-refractivity contribution is -0.160. The summed E-state index contributed by atoms with van der Waals surface area (Å²) in [7, 11) is 3.78. The predicted octanol–water partition coefficient (Wildman–Crippen LogP) is 18.2. The summed E-state index contributed by atoms with van der Waals surface area (Å²) in [5, 5.41) is 2.87. The number of unbranched alkanes of at least 4 members (excludes halogenated alkanes) is 24. The number of allylic oxidation sites excluding steroid dienone is 12. The highest BCUT2D eigenvalue weighted by Gasteiger charge is 2.37. The van der Waals surface area contributed by atoms with Crippen molar-refractivity contribution in [2.24, 2.45) is 0 Å². The Morgan fingerprint density at radius 1 is 0.297 bits per heavy atom. The Hall–Kier alpha value is -5.31. The van der Waals surface area contributed by atoms with Crippen LogP contribution in [0.15, 0.2) is 72.9 Å². The van der Waals surface area contributed by atoms with Gasteiger partial charge in [0.2, 0.25) is 5.91 Å². The van der Waals surface area contributed by atoms with Crippen molar-refractivity contribution < 1.29 is 62.0 Å². The lowest BCUT2D eigenvalue weighted by atomic mass is 10.0. The van der Waals surface area contributed by atoms with E-state index in [0.29, 0.717) is 32.2 Å². The minimum atomic E-state index is -1.67. The molecule has 0 aromatic heterocycles. The first-order valence-corrected chi connectivity index (χ1v) is 36.2. The van der Waals surface area contributed by atoms with E-state index in [1.165, 1.54) is 57.8 Å². The van der Waals surface area contributed by atoms with Crippen LogP contribution in [0.5, 0.6) is 0 Å². The molecule has 0 saturated carbocycles. The minimum absolute atomic E-state index is 0.0221. The normalized spacial score (nSPS) is 12.0. The Labute approximate surface area is 553 Å². The van der Waals surface area contributed by atoms with Crippen molar-refractivity contribution >= 4 is 41.7 Å². The standard InChI is InChI=1S/C76H130N2O13/c1-6-9-12-15-18-21-24-27-30-33-36-39-42-45-48-56-70(80)86-63-52-59-73(83)89-66-76(77-69(79)55-51-62-78(4)5,67-90-74(84)60-53-64-87-71(81)57-49-46-43-40-37-34-31-28-25-22-19-16-13-10-7-2)68-91-75(85)61-54-65-88-72(82)58-50-47-44-41-38-35-32-29-26-23-20-17-14-11-8-3/h18-23,27-32H,6-17,24-26,33-68H2,1-5H3,(H,77,79)/b21-18-,22-19-,23-20-,30-27-,31-28-,32-29-. The second-order valence-electron chi connectivity index (χ2n) is 24.6. The van der Waals surface area contributed by atoms with Crippen molar-refractivity contribution in [1.29, 1.82) is 0 Å². The monoisotopic (exact) mass is 1280 g/mol. The Kier molecular flexibility index (Phi) is 62.3. The van der Waals surface area contributed by atoms with E-state index in [9.17, 15) is 33.6 Å². The summed E-state index contributed by atoms with van der Waals surface area (Å²) in [6.45, 7) is 5.82. The molecule has 0 rings (SSSR count). The van der Waals surface area contributed by atoms with Gasteiger partial charge in [-0.3, -0.25) is 33.6 Å². The molecule has 0 atom stereocenters. The van der Waals surface area contributed by atoms with E-state index >= 15 is 0 Å². The van der Waals surface area contributed by atoms with Gasteiger partial charge in [-0.2, -0.15) is 0 Å². The van der Waals surface area contributed by atoms with Crippen LogP contribution in [0.3, 0.4) is 0 Å². The molecule has 0 aliphatic rings. The smallest absolute Gasteiger partial charge is 0.306 e. The number of carbonyl (C=O) groups excluding carboxylic acids is 7. The first-order valence-electron chi connectivity index (χ1n) is 36.2. The van der Waals surface area contributed by atoms with Gasteiger partial charge in [0.05, 0.1) is 19.8 Å². The molecule has 0 aromatic rings. The first kappa shape index (κ1) is 85.7. The molecule has 15 heteroatoms. The fraction of sp³-hybridized carbons (Fsp3) is 0.750. The average molecular weight is 1280 g/mol. The molecular formula is C76H130N2O13. The van der Waals surface area contributed by atoms with Crippen LogP contribution < -0.4 is 5.32 Å². The number of esters is 6. The summed E-state index contributed by atoms with van der Waals surface area (Å²) in [4.78, 5) is 92.7. The van der Waals surface area contributed by atoms with Crippen LogP contribution in [0.4, 0.5) is 0 Å². The van der Waals surface area contributed by atoms with Gasteiger partial charge in [-0.1, -0.05) is 190 Å². The van der Waals surface area contributed by atoms with E-state index in [4.69, 9.17) is 28.4 Å². The summed E-state index contributed by atoms with van der Waals surface area (Å²) in [6.07, 6.45) is 64.4. The van der Waals surface area contributed by atoms with Gasteiger partial charge >= 0.3 is 35.8 Å². The van der Waals surface area contributed by atoms with Gasteiger partial charge in [0.15, 0.2) is 0 Å². The molecule has 0 aliphatic carbocycles. The molecule has 0 saturated heterocycles. The fourth-order valence-electron chi connectivity index (χ4n) is 9.69. The number of carbonyl (C=O) groups is 7. The number of nitrogens with one attached hydrogen (secondary N) is 1. The van der Waals surface area contributed by atoms with Crippen LogP contribution in [0.25, 0.3) is 0 Å². The van der Waals surface area contributed by atoms with E-state index in [0.717, 1.165) is 154 Å². The molecule has 0 aliphatic heterocycles. The van der Waals surface area contributed by atoms with E-state index in [1.807, 2.05) is 19.0 Å². The van der Waals surface area contributed by atoms with Crippen molar-refractivity contribution in [2.45, 2.75) is 309 Å². The Morgan fingerprint density at radius 2 is 0.549 bits per heavy atom. The molecule has 91 heavy (non-hydrogen) atoms. The third-order valence-corrected chi connectivity index (χ3v) is 15.3. The summed E-state index contributed by atoms with van der Waals surface area (Å²) < 4.78 is 33.3. The predicted molar refractivity (Wildman–Crippen MR) is 370 cm³/mol. The van der Waals surface area contributed by atoms with Crippen LogP contribution in [-0.4, -0.2) is 112 Å². The van der Waals surface area contributed by atoms with Crippen molar-refractivity contribution in [3.8, 4) is 0 Å². The molecule has 1 N–H and O–H groups in total. The van der Waals surface area contributed by atoms with Gasteiger partial charge in [-0.05, 0) is 162 Å². The van der Waals surface area contributed by atoms with E-state index in [2.05, 4.69) is 99.0 Å². The maximum Gasteiger partial charge on any atom is 0.306 e. The van der Waals surface area contributed by atoms with Gasteiger partial charge in [-0.25, -0.2) is 0 Å². The molecular weight excluding hydrogens is 1150 g/mol. The molecule has 0 spiro atoms. The third kappa shape index (κ3) is 63.2. The highest BCUT2D eigenvalue weighted by atomic mass is 16.6. The Bertz CT molecular complexity index is 1790. The molecule has 1 amide bonds. The van der Waals surface area contributed by atoms with Crippen molar-refractivity contribution in [3.05, 3.63) is 72.9 Å². The van der Waals surface area contributed by atoms with E-state index in [-0.39, 0.29) is 82.7 Å². The summed E-state index contributed by atoms with van der Waals surface area (Å²) in [5.74, 6) is -3.38. The molecule has 0 aromatic carbocycles. The summed E-state index contributed by atoms with van der Waals surface area (Å²) in [5.41, 5.74) is -1.67. The van der Waals surface area contributed by atoms with Gasteiger partial charge in [0.25, 0.3) is 0 Å². The second-order valence-corrected chi connectivity index (χ2v) is 24.6. The van der Waals surface area contributed by atoms with Crippen LogP contribution in [0.1, 0.15) is 303 Å². The maximum absolute atomic E-state index is 13.6. The second kappa shape index (κ2) is 66.2. The topological polar surface area (TPSA) is 190 Å². The van der Waals surface area contributed by atoms with Gasteiger partial charge in [0.1, 0.15) is 25.4 Å². The van der Waals surface area contributed by atoms with Crippen LogP contribution in [-0.2, 0) is 62.0 Å². The number of ether oxygens (including phenoxy) is 6. The SMILES string of the molecule is CCCCC/C=C\C/C=C\CCCCCCCC(=O)OCCCC(=O)OCC(COC(=O)CCCOC(=O)CCCCCCC/C=C\C/C=C\CCCCC)(COC(=O)CCCOC(=O)CCCCCCC/C=C\C/C=C\CCCCC)NC(=O)CCCN(C)C. The maximum atomic E-state index is 13.6. The zero-order valence-electron chi connectivity index (χ0n) is 58.2. The number of amides is 1. The van der Waals surface area contributed by atoms with Crippen molar-refractivity contribution in [2.75, 3.05) is 60.3 Å². The molecule has 0 heterocycles. The number of hydrogen-bond donors (Lipinski definition) is 1. The largest absolute Gasteiger partial charge is 0.466 e. The van der Waals surface area contributed by atoms with Gasteiger partial charge in [0, 0.05) is 44.9 Å². The van der Waals surface area contributed by atoms with Crippen LogP contribution in [0.2, 0.25) is 0 Å². The number of nitrogens with zero attached hydrogens (tertiary/aromatic N) is 1. The van der Waals surface area contributed by atoms with E-state index in [1.54, 1.807) is 0 Å². The minimum Gasteiger partial charge on any atom is -0.466 e. The highest BCUT2D eigenvalue weighted by Crippen LogP contribution is 2.16. The lowest BCUT2D eigenvalue weighted by Crippen LogP contribution is -2.59. The lowest BCUT2D eigenvalue weighted by Gasteiger charge is -2.33. The Morgan fingerprint density at radius 3 is 0.835 bits per heavy atom. The number of rotatable bonds is 65. The molecule has 0 unspecified atom stereocenters. The van der Waals surface area contributed by atoms with E-state index < -0.39 is 49.2 Å². The highest BCUT2D eigenvalue weighted by molar-refractivity contribution is 5.77. The summed E-state index contributed by atoms with van der Waals surface area (Å²) >= 11 is 0. The molecule has 0 fully saturated rings. The zero-order chi connectivity index (χ0) is 66.6. The fourth-order valence-corrected chi connectivity index (χ4v) is 9.69. The van der Waals surface area contributed by atoms with Gasteiger partial charge in [-0.15, -0.1) is 0 Å². The van der Waals surface area contributed by atoms with Crippen molar-refractivity contribution in [1.82, 2.24) is 10.2 Å². The quantitative estimate of drug-likeness (QED) is 0.0262. The Balaban J connectivity index is 5.32. The average Bonchev–Trinajstić information content (AvgIpc) is 3.65. The van der Waals surface area contributed by atoms with Gasteiger partial charge < -0.3 is 38.6 Å². The first-order chi connectivity index (χ1) is 44.4. The molecule has 0 bridgehead atoms. The van der Waals surface area contributed by atoms with Crippen LogP contribution in [0, 0.1) is 0 Å². The van der Waals surface area contributed by atoms with Crippen molar-refractivity contribution in [3.63, 3.8) is 0 Å². The number of hydrogen-bond acceptors (Lipinski definition) is 14. The summed E-state index contributed by atoms with van der Waals surface area (Å²) in [6, 6.07) is 0. The third-order valence-electron chi connectivity index (χ3n) is 15.3. The molecule has 522 valence electrons. The molecule has 0 radical (unpaired) electrons.